The summed E-state index contributed by atoms with van der Waals surface area (Å²) >= 11 is 1.61. The molecule has 33 heavy (non-hydrogen) atoms. The number of nitrogens with one attached hydrogen (secondary N) is 1. The monoisotopic (exact) mass is 463 g/mol. The molecule has 0 aliphatic rings. The van der Waals surface area contributed by atoms with E-state index in [1.165, 1.54) is 0 Å². The maximum atomic E-state index is 12.5. The summed E-state index contributed by atoms with van der Waals surface area (Å²) in [6.07, 6.45) is 3.28. The van der Waals surface area contributed by atoms with E-state index in [0.717, 1.165) is 32.5 Å². The minimum absolute atomic E-state index is 0.162. The molecule has 0 spiro atoms. The first kappa shape index (κ1) is 22.5. The molecule has 0 radical (unpaired) electrons. The third kappa shape index (κ3) is 4.73. The van der Waals surface area contributed by atoms with Gasteiger partial charge in [0.05, 0.1) is 34.1 Å². The van der Waals surface area contributed by atoms with Crippen molar-refractivity contribution >= 4 is 33.8 Å². The number of fused-ring (bicyclic) bond motifs is 1. The fraction of sp³-hybridized carbons (Fsp3) is 0.192. The Balaban J connectivity index is 1.73. The Labute approximate surface area is 196 Å². The highest BCUT2D eigenvalue weighted by atomic mass is 32.1. The fourth-order valence-electron chi connectivity index (χ4n) is 3.68. The molecule has 1 amide bonds. The Morgan fingerprint density at radius 1 is 1.03 bits per heavy atom. The predicted molar refractivity (Wildman–Crippen MR) is 131 cm³/mol. The van der Waals surface area contributed by atoms with Gasteiger partial charge in [0.25, 0.3) is 0 Å². The Hall–Kier alpha value is -3.71. The zero-order chi connectivity index (χ0) is 23.4. The van der Waals surface area contributed by atoms with Gasteiger partial charge in [0.1, 0.15) is 22.8 Å². The Morgan fingerprint density at radius 2 is 1.85 bits per heavy atom. The summed E-state index contributed by atoms with van der Waals surface area (Å²) in [7, 11) is 4.85. The van der Waals surface area contributed by atoms with Crippen LogP contribution < -0.4 is 19.5 Å². The van der Waals surface area contributed by atoms with Gasteiger partial charge in [0.2, 0.25) is 5.91 Å². The highest BCUT2D eigenvalue weighted by Gasteiger charge is 2.18. The van der Waals surface area contributed by atoms with E-state index in [2.05, 4.69) is 5.32 Å². The number of methoxy groups -OCH3 is 3. The lowest BCUT2D eigenvalue weighted by Gasteiger charge is -2.12. The van der Waals surface area contributed by atoms with Crippen molar-refractivity contribution in [1.82, 2.24) is 5.32 Å². The zero-order valence-corrected chi connectivity index (χ0v) is 19.7. The maximum Gasteiger partial charge on any atom is 0.244 e. The lowest BCUT2D eigenvalue weighted by atomic mass is 9.98. The second-order valence-electron chi connectivity index (χ2n) is 7.39. The fourth-order valence-corrected chi connectivity index (χ4v) is 4.32. The molecule has 6 nitrogen and oxygen atoms in total. The molecule has 0 aliphatic carbocycles. The van der Waals surface area contributed by atoms with Crippen molar-refractivity contribution in [1.29, 1.82) is 0 Å². The molecule has 0 saturated carbocycles. The summed E-state index contributed by atoms with van der Waals surface area (Å²) in [5.41, 5.74) is 3.97. The Morgan fingerprint density at radius 3 is 2.55 bits per heavy atom. The molecule has 2 heterocycles. The van der Waals surface area contributed by atoms with Crippen LogP contribution in [-0.4, -0.2) is 27.2 Å². The van der Waals surface area contributed by atoms with E-state index in [4.69, 9.17) is 18.6 Å². The van der Waals surface area contributed by atoms with E-state index in [9.17, 15) is 4.79 Å². The molecule has 170 valence electrons. The van der Waals surface area contributed by atoms with E-state index in [-0.39, 0.29) is 5.91 Å². The molecular formula is C26H25NO5S. The van der Waals surface area contributed by atoms with E-state index >= 15 is 0 Å². The van der Waals surface area contributed by atoms with Crippen LogP contribution in [0.15, 0.2) is 64.6 Å². The predicted octanol–water partition coefficient (Wildman–Crippen LogP) is 5.91. The lowest BCUT2D eigenvalue weighted by molar-refractivity contribution is -0.116. The highest BCUT2D eigenvalue weighted by molar-refractivity contribution is 7.09. The van der Waals surface area contributed by atoms with Crippen LogP contribution in [0.4, 0.5) is 0 Å². The third-order valence-electron chi connectivity index (χ3n) is 5.38. The van der Waals surface area contributed by atoms with Gasteiger partial charge in [-0.3, -0.25) is 4.79 Å². The molecule has 7 heteroatoms. The quantitative estimate of drug-likeness (QED) is 0.329. The van der Waals surface area contributed by atoms with Gasteiger partial charge in [-0.2, -0.15) is 0 Å². The second kappa shape index (κ2) is 9.83. The molecule has 0 bridgehead atoms. The number of carbonyl (C=O) groups is 1. The summed E-state index contributed by atoms with van der Waals surface area (Å²) < 4.78 is 22.4. The summed E-state index contributed by atoms with van der Waals surface area (Å²) in [4.78, 5) is 13.6. The van der Waals surface area contributed by atoms with Crippen molar-refractivity contribution in [2.45, 2.75) is 13.5 Å². The van der Waals surface area contributed by atoms with Gasteiger partial charge in [-0.1, -0.05) is 6.07 Å². The number of furan rings is 1. The number of allylic oxidation sites excluding steroid dienone is 1. The van der Waals surface area contributed by atoms with Crippen LogP contribution in [0, 0.1) is 0 Å². The molecule has 0 unspecified atom stereocenters. The standard InChI is InChI=1S/C26H25NO5S/c1-16(10-26(28)27-14-18-6-5-9-33-18)19-12-21-22(15-32-25(21)13-24(19)31-4)20-11-17(29-2)7-8-23(20)30-3/h5-13,15H,14H2,1-4H3,(H,27,28)/b16-10+. The van der Waals surface area contributed by atoms with Crippen molar-refractivity contribution in [2.75, 3.05) is 21.3 Å². The van der Waals surface area contributed by atoms with E-state index in [1.54, 1.807) is 45.0 Å². The average Bonchev–Trinajstić information content (AvgIpc) is 3.51. The molecular weight excluding hydrogens is 438 g/mol. The van der Waals surface area contributed by atoms with Gasteiger partial charge in [-0.25, -0.2) is 0 Å². The van der Waals surface area contributed by atoms with Crippen molar-refractivity contribution < 1.29 is 23.4 Å². The number of hydrogen-bond donors (Lipinski definition) is 1. The second-order valence-corrected chi connectivity index (χ2v) is 8.42. The number of rotatable bonds is 8. The topological polar surface area (TPSA) is 69.9 Å². The van der Waals surface area contributed by atoms with Crippen molar-refractivity contribution in [3.63, 3.8) is 0 Å². The largest absolute Gasteiger partial charge is 0.497 e. The van der Waals surface area contributed by atoms with Crippen LogP contribution in [0.1, 0.15) is 17.4 Å². The molecule has 0 atom stereocenters. The van der Waals surface area contributed by atoms with Gasteiger partial charge in [0.15, 0.2) is 0 Å². The average molecular weight is 464 g/mol. The van der Waals surface area contributed by atoms with Crippen LogP contribution in [0.25, 0.3) is 27.7 Å². The molecule has 2 aromatic heterocycles. The number of benzene rings is 2. The van der Waals surface area contributed by atoms with Crippen LogP contribution >= 0.6 is 11.3 Å². The van der Waals surface area contributed by atoms with Crippen molar-refractivity contribution in [3.8, 4) is 28.4 Å². The van der Waals surface area contributed by atoms with Crippen LogP contribution in [0.2, 0.25) is 0 Å². The Kier molecular flexibility index (Phi) is 6.70. The number of carbonyl (C=O) groups excluding carboxylic acids is 1. The molecule has 0 aliphatic heterocycles. The molecule has 0 saturated heterocycles. The van der Waals surface area contributed by atoms with Gasteiger partial charge < -0.3 is 23.9 Å². The number of ether oxygens (including phenoxy) is 3. The minimum atomic E-state index is -0.162. The van der Waals surface area contributed by atoms with Gasteiger partial charge in [-0.05, 0) is 48.2 Å². The third-order valence-corrected chi connectivity index (χ3v) is 6.26. The summed E-state index contributed by atoms with van der Waals surface area (Å²) in [5.74, 6) is 1.88. The lowest BCUT2D eigenvalue weighted by Crippen LogP contribution is -2.20. The summed E-state index contributed by atoms with van der Waals surface area (Å²) in [5, 5.41) is 5.79. The van der Waals surface area contributed by atoms with Crippen LogP contribution in [0.3, 0.4) is 0 Å². The highest BCUT2D eigenvalue weighted by Crippen LogP contribution is 2.41. The summed E-state index contributed by atoms with van der Waals surface area (Å²) in [6.45, 7) is 2.39. The molecule has 1 N–H and O–H groups in total. The Bertz CT molecular complexity index is 1300. The summed E-state index contributed by atoms with van der Waals surface area (Å²) in [6, 6.07) is 13.4. The van der Waals surface area contributed by atoms with Gasteiger partial charge >= 0.3 is 0 Å². The van der Waals surface area contributed by atoms with Crippen LogP contribution in [-0.2, 0) is 11.3 Å². The first-order chi connectivity index (χ1) is 16.0. The van der Waals surface area contributed by atoms with E-state index in [1.807, 2.05) is 54.8 Å². The number of hydrogen-bond acceptors (Lipinski definition) is 6. The zero-order valence-electron chi connectivity index (χ0n) is 18.9. The number of thiophene rings is 1. The van der Waals surface area contributed by atoms with Crippen LogP contribution in [0.5, 0.6) is 17.2 Å². The first-order valence-corrected chi connectivity index (χ1v) is 11.2. The van der Waals surface area contributed by atoms with Crippen molar-refractivity contribution in [2.24, 2.45) is 0 Å². The molecule has 4 rings (SSSR count). The van der Waals surface area contributed by atoms with Gasteiger partial charge in [-0.15, -0.1) is 11.3 Å². The minimum Gasteiger partial charge on any atom is -0.497 e. The van der Waals surface area contributed by atoms with Gasteiger partial charge in [0, 0.05) is 39.1 Å². The molecule has 2 aromatic carbocycles. The normalized spacial score (nSPS) is 11.5. The molecule has 4 aromatic rings. The SMILES string of the molecule is COc1ccc(OC)c(-c2coc3cc(OC)c(/C(C)=C/C(=O)NCc4cccs4)cc23)c1. The maximum absolute atomic E-state index is 12.5. The smallest absolute Gasteiger partial charge is 0.244 e. The van der Waals surface area contributed by atoms with E-state index in [0.29, 0.717) is 29.4 Å². The first-order valence-electron chi connectivity index (χ1n) is 10.3. The van der Waals surface area contributed by atoms with Crippen molar-refractivity contribution in [3.05, 3.63) is 70.6 Å². The van der Waals surface area contributed by atoms with E-state index < -0.39 is 0 Å². The molecule has 0 fully saturated rings. The number of amides is 1.